The van der Waals surface area contributed by atoms with Crippen molar-refractivity contribution in [1.82, 2.24) is 10.0 Å². The molecule has 0 atom stereocenters. The van der Waals surface area contributed by atoms with Crippen molar-refractivity contribution >= 4 is 15.7 Å². The van der Waals surface area contributed by atoms with Gasteiger partial charge in [-0.25, -0.2) is 13.1 Å². The summed E-state index contributed by atoms with van der Waals surface area (Å²) < 4.78 is 26.7. The minimum Gasteiger partial charge on any atom is -0.313 e. The summed E-state index contributed by atoms with van der Waals surface area (Å²) >= 11 is 0. The monoisotopic (exact) mass is 355 g/mol. The van der Waals surface area contributed by atoms with Gasteiger partial charge in [0.25, 0.3) is 5.69 Å². The third-order valence-electron chi connectivity index (χ3n) is 4.24. The smallest absolute Gasteiger partial charge is 0.269 e. The number of nitro benzene ring substituents is 1. The van der Waals surface area contributed by atoms with E-state index in [9.17, 15) is 18.5 Å². The molecule has 0 saturated heterocycles. The van der Waals surface area contributed by atoms with Crippen LogP contribution in [0.2, 0.25) is 0 Å². The first kappa shape index (κ1) is 18.8. The Balaban J connectivity index is 1.73. The average Bonchev–Trinajstić information content (AvgIpc) is 2.80. The molecule has 1 aliphatic rings. The molecule has 0 aromatic heterocycles. The van der Waals surface area contributed by atoms with Crippen LogP contribution in [0.3, 0.4) is 0 Å². The third-order valence-corrected chi connectivity index (χ3v) is 5.60. The maximum atomic E-state index is 12.1. The van der Waals surface area contributed by atoms with Gasteiger partial charge in [0.1, 0.15) is 0 Å². The van der Waals surface area contributed by atoms with E-state index in [2.05, 4.69) is 10.0 Å². The number of nitrogens with zero attached hydrogens (tertiary/aromatic N) is 1. The molecule has 2 N–H and O–H groups in total. The second-order valence-electron chi connectivity index (χ2n) is 6.22. The maximum absolute atomic E-state index is 12.1. The number of nitrogens with one attached hydrogen (secondary N) is 2. The van der Waals surface area contributed by atoms with Crippen molar-refractivity contribution in [3.63, 3.8) is 0 Å². The van der Waals surface area contributed by atoms with Crippen molar-refractivity contribution in [3.8, 4) is 0 Å². The van der Waals surface area contributed by atoms with E-state index in [-0.39, 0.29) is 11.4 Å². The lowest BCUT2D eigenvalue weighted by molar-refractivity contribution is -0.384. The number of hydrogen-bond acceptors (Lipinski definition) is 5. The van der Waals surface area contributed by atoms with Crippen LogP contribution in [0.1, 0.15) is 44.1 Å². The summed E-state index contributed by atoms with van der Waals surface area (Å²) in [4.78, 5) is 10.1. The lowest BCUT2D eigenvalue weighted by atomic mass is 10.1. The highest BCUT2D eigenvalue weighted by atomic mass is 32.2. The van der Waals surface area contributed by atoms with Crippen LogP contribution < -0.4 is 10.0 Å². The number of hydrogen-bond donors (Lipinski definition) is 2. The van der Waals surface area contributed by atoms with E-state index in [1.165, 1.54) is 49.9 Å². The average molecular weight is 355 g/mol. The molecule has 24 heavy (non-hydrogen) atoms. The summed E-state index contributed by atoms with van der Waals surface area (Å²) in [6.45, 7) is 0.968. The largest absolute Gasteiger partial charge is 0.313 e. The van der Waals surface area contributed by atoms with Crippen molar-refractivity contribution in [2.24, 2.45) is 0 Å². The summed E-state index contributed by atoms with van der Waals surface area (Å²) in [5.41, 5.74) is 0.488. The first-order valence-electron chi connectivity index (χ1n) is 8.40. The quantitative estimate of drug-likeness (QED) is 0.322. The maximum Gasteiger partial charge on any atom is 0.269 e. The highest BCUT2D eigenvalue weighted by Gasteiger charge is 2.14. The fraction of sp³-hybridized carbons (Fsp3) is 0.625. The topological polar surface area (TPSA) is 101 Å². The van der Waals surface area contributed by atoms with Crippen LogP contribution >= 0.6 is 0 Å². The van der Waals surface area contributed by atoms with Crippen LogP contribution in [-0.2, 0) is 15.8 Å². The fourth-order valence-corrected chi connectivity index (χ4v) is 4.10. The molecule has 0 aliphatic heterocycles. The predicted octanol–water partition coefficient (Wildman–Crippen LogP) is 2.33. The van der Waals surface area contributed by atoms with Crippen molar-refractivity contribution in [1.29, 1.82) is 0 Å². The van der Waals surface area contributed by atoms with E-state index < -0.39 is 14.9 Å². The van der Waals surface area contributed by atoms with E-state index in [4.69, 9.17) is 0 Å². The van der Waals surface area contributed by atoms with Crippen LogP contribution in [0.15, 0.2) is 24.3 Å². The van der Waals surface area contributed by atoms with Gasteiger partial charge in [-0.15, -0.1) is 0 Å². The van der Waals surface area contributed by atoms with Crippen LogP contribution in [0, 0.1) is 10.1 Å². The fourth-order valence-electron chi connectivity index (χ4n) is 2.95. The molecule has 134 valence electrons. The van der Waals surface area contributed by atoms with Crippen LogP contribution in [-0.4, -0.2) is 32.5 Å². The van der Waals surface area contributed by atoms with Crippen LogP contribution in [0.5, 0.6) is 0 Å². The van der Waals surface area contributed by atoms with Gasteiger partial charge in [-0.3, -0.25) is 10.1 Å². The Bertz CT molecular complexity index is 623. The van der Waals surface area contributed by atoms with E-state index in [0.29, 0.717) is 24.7 Å². The number of benzene rings is 1. The minimum atomic E-state index is -3.44. The Morgan fingerprint density at radius 2 is 1.67 bits per heavy atom. The summed E-state index contributed by atoms with van der Waals surface area (Å²) in [7, 11) is -3.44. The van der Waals surface area contributed by atoms with Crippen LogP contribution in [0.25, 0.3) is 0 Å². The number of nitro groups is 1. The molecule has 1 aromatic carbocycles. The number of sulfonamides is 1. The van der Waals surface area contributed by atoms with Gasteiger partial charge in [-0.2, -0.15) is 0 Å². The van der Waals surface area contributed by atoms with E-state index >= 15 is 0 Å². The zero-order chi connectivity index (χ0) is 17.4. The molecule has 0 radical (unpaired) electrons. The molecule has 1 aliphatic carbocycles. The molecule has 0 heterocycles. The zero-order valence-electron chi connectivity index (χ0n) is 13.7. The summed E-state index contributed by atoms with van der Waals surface area (Å²) in [6, 6.07) is 6.07. The molecule has 1 saturated carbocycles. The number of non-ortho nitro benzene ring substituents is 1. The van der Waals surface area contributed by atoms with Gasteiger partial charge < -0.3 is 5.32 Å². The molecule has 0 unspecified atom stereocenters. The summed E-state index contributed by atoms with van der Waals surface area (Å²) in [5, 5.41) is 14.0. The Hall–Kier alpha value is -1.51. The highest BCUT2D eigenvalue weighted by Crippen LogP contribution is 2.17. The standard InChI is InChI=1S/C16H25N3O4S/c20-19(21)16-9-7-14(8-10-16)13-24(22,23)18-12-11-17-15-5-3-1-2-4-6-15/h7-10,15,17-18H,1-6,11-13H2. The first-order valence-corrected chi connectivity index (χ1v) is 10.1. The first-order chi connectivity index (χ1) is 11.5. The lowest BCUT2D eigenvalue weighted by Gasteiger charge is -2.16. The van der Waals surface area contributed by atoms with Crippen molar-refractivity contribution in [2.75, 3.05) is 13.1 Å². The molecule has 2 rings (SSSR count). The SMILES string of the molecule is O=[N+]([O-])c1ccc(CS(=O)(=O)NCCNC2CCCCCC2)cc1. The Labute approximate surface area is 143 Å². The molecule has 0 spiro atoms. The summed E-state index contributed by atoms with van der Waals surface area (Å²) in [6.07, 6.45) is 7.39. The molecule has 0 amide bonds. The molecule has 1 aromatic rings. The van der Waals surface area contributed by atoms with Gasteiger partial charge in [0.2, 0.25) is 10.0 Å². The Morgan fingerprint density at radius 1 is 1.04 bits per heavy atom. The molecule has 1 fully saturated rings. The lowest BCUT2D eigenvalue weighted by Crippen LogP contribution is -2.37. The molecule has 8 heteroatoms. The van der Waals surface area contributed by atoms with Gasteiger partial charge in [0, 0.05) is 31.3 Å². The van der Waals surface area contributed by atoms with Crippen molar-refractivity contribution < 1.29 is 13.3 Å². The predicted molar refractivity (Wildman–Crippen MR) is 93.2 cm³/mol. The Morgan fingerprint density at radius 3 is 2.25 bits per heavy atom. The number of rotatable bonds is 8. The van der Waals surface area contributed by atoms with Crippen molar-refractivity contribution in [2.45, 2.75) is 50.3 Å². The second-order valence-corrected chi connectivity index (χ2v) is 8.03. The van der Waals surface area contributed by atoms with Gasteiger partial charge in [-0.1, -0.05) is 37.8 Å². The van der Waals surface area contributed by atoms with Crippen LogP contribution in [0.4, 0.5) is 5.69 Å². The second kappa shape index (κ2) is 9.10. The van der Waals surface area contributed by atoms with Gasteiger partial charge >= 0.3 is 0 Å². The third kappa shape index (κ3) is 6.54. The Kier molecular flexibility index (Phi) is 7.14. The van der Waals surface area contributed by atoms with E-state index in [0.717, 1.165) is 12.8 Å². The molecule has 7 nitrogen and oxygen atoms in total. The van der Waals surface area contributed by atoms with Crippen molar-refractivity contribution in [3.05, 3.63) is 39.9 Å². The highest BCUT2D eigenvalue weighted by molar-refractivity contribution is 7.88. The normalized spacial score (nSPS) is 16.7. The van der Waals surface area contributed by atoms with E-state index in [1.54, 1.807) is 0 Å². The van der Waals surface area contributed by atoms with Gasteiger partial charge in [0.05, 0.1) is 10.7 Å². The van der Waals surface area contributed by atoms with E-state index in [1.807, 2.05) is 0 Å². The molecular weight excluding hydrogens is 330 g/mol. The van der Waals surface area contributed by atoms with Gasteiger partial charge in [0.15, 0.2) is 0 Å². The molecular formula is C16H25N3O4S. The zero-order valence-corrected chi connectivity index (χ0v) is 14.6. The molecule has 0 bridgehead atoms. The van der Waals surface area contributed by atoms with Gasteiger partial charge in [-0.05, 0) is 18.4 Å². The summed E-state index contributed by atoms with van der Waals surface area (Å²) in [5.74, 6) is -0.172. The minimum absolute atomic E-state index is 0.0447.